The Morgan fingerprint density at radius 1 is 0.923 bits per heavy atom. The van der Waals surface area contributed by atoms with E-state index < -0.39 is 12.0 Å². The number of unbranched alkanes of at least 4 members (excludes halogenated alkanes) is 1. The average molecular weight is 579 g/mol. The summed E-state index contributed by atoms with van der Waals surface area (Å²) in [6.07, 6.45) is 2.22. The van der Waals surface area contributed by atoms with Crippen LogP contribution < -0.4 is 15.8 Å². The summed E-state index contributed by atoms with van der Waals surface area (Å²) in [5.74, 6) is -0.306. The highest BCUT2D eigenvalue weighted by Crippen LogP contribution is 2.27. The summed E-state index contributed by atoms with van der Waals surface area (Å²) in [5.41, 5.74) is 8.11. The zero-order valence-electron chi connectivity index (χ0n) is 23.0. The van der Waals surface area contributed by atoms with Crippen molar-refractivity contribution in [1.29, 1.82) is 0 Å². The molecule has 9 heteroatoms. The summed E-state index contributed by atoms with van der Waals surface area (Å²) in [7, 11) is 0. The standard InChI is InChI=1S/C30H39N3O4.2ClH/c1-4-7-17-36-28-21-25(30(35)37-18-16-33(5-2)6-3)14-15-27(28)32-29(34)26(31)20-22-12-13-23-10-8-9-11-24(23)19-22;;/h8-15,19,21,26H,4-7,16-18,20,31H2,1-3H3,(H,32,34);2*1H/t26-;;/m1../s1. The van der Waals surface area contributed by atoms with Gasteiger partial charge in [0.15, 0.2) is 0 Å². The molecule has 0 fully saturated rings. The molecule has 3 aromatic carbocycles. The third kappa shape index (κ3) is 10.3. The smallest absolute Gasteiger partial charge is 0.338 e. The number of rotatable bonds is 14. The van der Waals surface area contributed by atoms with Gasteiger partial charge in [0, 0.05) is 6.54 Å². The molecule has 0 radical (unpaired) electrons. The van der Waals surface area contributed by atoms with Crippen molar-refractivity contribution in [3.63, 3.8) is 0 Å². The Hall–Kier alpha value is -2.84. The maximum atomic E-state index is 13.0. The lowest BCUT2D eigenvalue weighted by Gasteiger charge is -2.18. The van der Waals surface area contributed by atoms with E-state index in [0.717, 1.165) is 42.3 Å². The molecule has 7 nitrogen and oxygen atoms in total. The second-order valence-electron chi connectivity index (χ2n) is 9.06. The van der Waals surface area contributed by atoms with E-state index in [2.05, 4.69) is 43.1 Å². The van der Waals surface area contributed by atoms with E-state index in [4.69, 9.17) is 15.2 Å². The zero-order valence-corrected chi connectivity index (χ0v) is 24.6. The van der Waals surface area contributed by atoms with Crippen LogP contribution in [0.2, 0.25) is 0 Å². The predicted octanol–water partition coefficient (Wildman–Crippen LogP) is 5.87. The molecule has 39 heavy (non-hydrogen) atoms. The maximum Gasteiger partial charge on any atom is 0.338 e. The van der Waals surface area contributed by atoms with Crippen LogP contribution in [-0.2, 0) is 16.0 Å². The number of esters is 1. The van der Waals surface area contributed by atoms with Gasteiger partial charge in [0.05, 0.1) is 23.9 Å². The fraction of sp³-hybridized carbons (Fsp3) is 0.400. The van der Waals surface area contributed by atoms with Gasteiger partial charge >= 0.3 is 5.97 Å². The first kappa shape index (κ1) is 34.2. The van der Waals surface area contributed by atoms with E-state index in [0.29, 0.717) is 43.2 Å². The molecule has 3 N–H and O–H groups in total. The van der Waals surface area contributed by atoms with Crippen molar-refractivity contribution in [2.45, 2.75) is 46.1 Å². The second-order valence-corrected chi connectivity index (χ2v) is 9.06. The quantitative estimate of drug-likeness (QED) is 0.184. The van der Waals surface area contributed by atoms with Gasteiger partial charge in [0.25, 0.3) is 0 Å². The summed E-state index contributed by atoms with van der Waals surface area (Å²) >= 11 is 0. The minimum absolute atomic E-state index is 0. The number of anilines is 1. The number of hydrogen-bond donors (Lipinski definition) is 2. The van der Waals surface area contributed by atoms with Crippen LogP contribution in [0.15, 0.2) is 60.7 Å². The second kappa shape index (κ2) is 17.7. The number of likely N-dealkylation sites (N-methyl/N-ethyl adjacent to an activating group) is 1. The minimum Gasteiger partial charge on any atom is -0.491 e. The first-order chi connectivity index (χ1) is 17.9. The molecular weight excluding hydrogens is 537 g/mol. The van der Waals surface area contributed by atoms with Gasteiger partial charge < -0.3 is 25.4 Å². The van der Waals surface area contributed by atoms with Crippen molar-refractivity contribution in [3.05, 3.63) is 71.8 Å². The Morgan fingerprint density at radius 2 is 1.64 bits per heavy atom. The van der Waals surface area contributed by atoms with E-state index >= 15 is 0 Å². The number of ether oxygens (including phenoxy) is 2. The summed E-state index contributed by atoms with van der Waals surface area (Å²) in [5, 5.41) is 5.14. The van der Waals surface area contributed by atoms with Gasteiger partial charge in [-0.25, -0.2) is 4.79 Å². The number of fused-ring (bicyclic) bond motifs is 1. The zero-order chi connectivity index (χ0) is 26.6. The number of carbonyl (C=O) groups excluding carboxylic acids is 2. The SMILES string of the molecule is CCCCOc1cc(C(=O)OCCN(CC)CC)ccc1NC(=O)[C@H](N)Cc1ccc2ccccc2c1.Cl.Cl. The van der Waals surface area contributed by atoms with Crippen LogP contribution in [0.25, 0.3) is 10.8 Å². The van der Waals surface area contributed by atoms with Crippen LogP contribution in [0.1, 0.15) is 49.5 Å². The van der Waals surface area contributed by atoms with Crippen molar-refractivity contribution in [1.82, 2.24) is 4.90 Å². The summed E-state index contributed by atoms with van der Waals surface area (Å²) in [6, 6.07) is 18.4. The number of carbonyl (C=O) groups is 2. The predicted molar refractivity (Wildman–Crippen MR) is 164 cm³/mol. The Bertz CT molecular complexity index is 1190. The fourth-order valence-corrected chi connectivity index (χ4v) is 4.03. The number of benzene rings is 3. The van der Waals surface area contributed by atoms with Crippen molar-refractivity contribution < 1.29 is 19.1 Å². The highest BCUT2D eigenvalue weighted by atomic mass is 35.5. The monoisotopic (exact) mass is 577 g/mol. The first-order valence-electron chi connectivity index (χ1n) is 13.2. The molecule has 0 spiro atoms. The van der Waals surface area contributed by atoms with Gasteiger partial charge in [-0.1, -0.05) is 69.7 Å². The average Bonchev–Trinajstić information content (AvgIpc) is 2.91. The normalized spacial score (nSPS) is 11.3. The molecule has 0 aliphatic carbocycles. The Labute approximate surface area is 244 Å². The molecule has 3 rings (SSSR count). The van der Waals surface area contributed by atoms with E-state index in [1.165, 1.54) is 0 Å². The highest BCUT2D eigenvalue weighted by molar-refractivity contribution is 5.97. The first-order valence-corrected chi connectivity index (χ1v) is 13.2. The van der Waals surface area contributed by atoms with Crippen LogP contribution in [0.3, 0.4) is 0 Å². The van der Waals surface area contributed by atoms with Crippen LogP contribution in [-0.4, -0.2) is 55.7 Å². The van der Waals surface area contributed by atoms with Crippen LogP contribution in [0, 0.1) is 0 Å². The van der Waals surface area contributed by atoms with Crippen molar-refractivity contribution in [2.75, 3.05) is 38.2 Å². The lowest BCUT2D eigenvalue weighted by Crippen LogP contribution is -2.37. The van der Waals surface area contributed by atoms with Gasteiger partial charge in [0.1, 0.15) is 12.4 Å². The highest BCUT2D eigenvalue weighted by Gasteiger charge is 2.18. The molecule has 0 aliphatic heterocycles. The third-order valence-electron chi connectivity index (χ3n) is 6.37. The minimum atomic E-state index is -0.741. The van der Waals surface area contributed by atoms with Crippen LogP contribution >= 0.6 is 24.8 Å². The molecule has 1 amide bonds. The Kier molecular flexibility index (Phi) is 15.5. The van der Waals surface area contributed by atoms with E-state index in [1.54, 1.807) is 18.2 Å². The Balaban J connectivity index is 0.00000380. The lowest BCUT2D eigenvalue weighted by molar-refractivity contribution is -0.117. The molecule has 0 heterocycles. The molecule has 0 aromatic heterocycles. The van der Waals surface area contributed by atoms with Crippen molar-refractivity contribution in [2.24, 2.45) is 5.73 Å². The van der Waals surface area contributed by atoms with Gasteiger partial charge in [0.2, 0.25) is 5.91 Å². The summed E-state index contributed by atoms with van der Waals surface area (Å²) in [4.78, 5) is 27.8. The van der Waals surface area contributed by atoms with Gasteiger partial charge in [-0.05, 0) is 60.5 Å². The number of nitrogens with one attached hydrogen (secondary N) is 1. The van der Waals surface area contributed by atoms with E-state index in [-0.39, 0.29) is 30.7 Å². The Morgan fingerprint density at radius 3 is 2.33 bits per heavy atom. The maximum absolute atomic E-state index is 13.0. The number of amides is 1. The van der Waals surface area contributed by atoms with E-state index in [9.17, 15) is 9.59 Å². The fourth-order valence-electron chi connectivity index (χ4n) is 4.03. The number of halogens is 2. The molecule has 1 atom stereocenters. The van der Waals surface area contributed by atoms with E-state index in [1.807, 2.05) is 30.3 Å². The number of nitrogens with zero attached hydrogens (tertiary/aromatic N) is 1. The molecule has 3 aromatic rings. The molecular formula is C30H41Cl2N3O4. The molecule has 0 saturated heterocycles. The molecule has 0 unspecified atom stereocenters. The third-order valence-corrected chi connectivity index (χ3v) is 6.37. The lowest BCUT2D eigenvalue weighted by atomic mass is 10.0. The van der Waals surface area contributed by atoms with Gasteiger partial charge in [-0.2, -0.15) is 0 Å². The molecule has 0 bridgehead atoms. The summed E-state index contributed by atoms with van der Waals surface area (Å²) < 4.78 is 11.4. The molecule has 214 valence electrons. The molecule has 0 aliphatic rings. The van der Waals surface area contributed by atoms with Crippen LogP contribution in [0.5, 0.6) is 5.75 Å². The molecule has 0 saturated carbocycles. The van der Waals surface area contributed by atoms with Gasteiger partial charge in [-0.3, -0.25) is 4.79 Å². The van der Waals surface area contributed by atoms with Crippen LogP contribution in [0.4, 0.5) is 5.69 Å². The van der Waals surface area contributed by atoms with Crippen molar-refractivity contribution in [3.8, 4) is 5.75 Å². The van der Waals surface area contributed by atoms with Gasteiger partial charge in [-0.15, -0.1) is 24.8 Å². The van der Waals surface area contributed by atoms with Crippen molar-refractivity contribution >= 4 is 53.2 Å². The number of hydrogen-bond acceptors (Lipinski definition) is 6. The summed E-state index contributed by atoms with van der Waals surface area (Å²) in [6.45, 7) is 9.50. The topological polar surface area (TPSA) is 93.9 Å². The largest absolute Gasteiger partial charge is 0.491 e. The number of nitrogens with two attached hydrogens (primary N) is 1.